The highest BCUT2D eigenvalue weighted by atomic mass is 16.5. The lowest BCUT2D eigenvalue weighted by atomic mass is 9.82. The molecule has 0 radical (unpaired) electrons. The van der Waals surface area contributed by atoms with Gasteiger partial charge in [-0.1, -0.05) is 19.3 Å². The molecule has 1 heterocycles. The lowest BCUT2D eigenvalue weighted by Crippen LogP contribution is -2.53. The molecular weight excluding hydrogens is 200 g/mol. The van der Waals surface area contributed by atoms with Crippen molar-refractivity contribution < 1.29 is 4.74 Å². The Bertz CT molecular complexity index is 226. The monoisotopic (exact) mass is 226 g/mol. The van der Waals surface area contributed by atoms with Crippen LogP contribution in [0.25, 0.3) is 0 Å². The van der Waals surface area contributed by atoms with Gasteiger partial charge >= 0.3 is 0 Å². The molecule has 3 heteroatoms. The van der Waals surface area contributed by atoms with Crippen molar-refractivity contribution in [2.75, 3.05) is 20.2 Å². The van der Waals surface area contributed by atoms with Gasteiger partial charge in [-0.15, -0.1) is 0 Å². The molecule has 1 saturated carbocycles. The molecule has 16 heavy (non-hydrogen) atoms. The minimum absolute atomic E-state index is 0.0648. The third-order valence-corrected chi connectivity index (χ3v) is 4.32. The van der Waals surface area contributed by atoms with Crippen LogP contribution in [0.3, 0.4) is 0 Å². The second-order valence-corrected chi connectivity index (χ2v) is 5.77. The van der Waals surface area contributed by atoms with E-state index in [-0.39, 0.29) is 5.54 Å². The SMILES string of the molecule is CC1OCCC1N(C)CC1(N)CCCCC1. The molecule has 0 aromatic rings. The van der Waals surface area contributed by atoms with E-state index in [1.54, 1.807) is 0 Å². The van der Waals surface area contributed by atoms with Gasteiger partial charge in [-0.25, -0.2) is 0 Å². The highest BCUT2D eigenvalue weighted by Gasteiger charge is 2.34. The molecule has 1 aliphatic heterocycles. The molecule has 1 aliphatic carbocycles. The van der Waals surface area contributed by atoms with E-state index in [9.17, 15) is 0 Å². The maximum atomic E-state index is 6.49. The van der Waals surface area contributed by atoms with Crippen LogP contribution in [0.5, 0.6) is 0 Å². The fraction of sp³-hybridized carbons (Fsp3) is 1.00. The van der Waals surface area contributed by atoms with E-state index in [1.807, 2.05) is 0 Å². The summed E-state index contributed by atoms with van der Waals surface area (Å²) < 4.78 is 5.63. The van der Waals surface area contributed by atoms with Gasteiger partial charge in [0.2, 0.25) is 0 Å². The molecule has 1 saturated heterocycles. The van der Waals surface area contributed by atoms with Crippen molar-refractivity contribution in [2.45, 2.75) is 63.1 Å². The minimum atomic E-state index is 0.0648. The van der Waals surface area contributed by atoms with E-state index in [4.69, 9.17) is 10.5 Å². The van der Waals surface area contributed by atoms with E-state index in [0.29, 0.717) is 12.1 Å². The zero-order valence-electron chi connectivity index (χ0n) is 10.7. The summed E-state index contributed by atoms with van der Waals surface area (Å²) >= 11 is 0. The molecule has 2 rings (SSSR count). The topological polar surface area (TPSA) is 38.5 Å². The van der Waals surface area contributed by atoms with E-state index in [2.05, 4.69) is 18.9 Å². The molecule has 0 aromatic heterocycles. The molecule has 2 aliphatic rings. The molecule has 2 atom stereocenters. The van der Waals surface area contributed by atoms with Crippen LogP contribution in [0, 0.1) is 0 Å². The number of ether oxygens (including phenoxy) is 1. The van der Waals surface area contributed by atoms with Crippen LogP contribution < -0.4 is 5.73 Å². The van der Waals surface area contributed by atoms with Gasteiger partial charge in [0.25, 0.3) is 0 Å². The average Bonchev–Trinajstić information content (AvgIpc) is 2.65. The largest absolute Gasteiger partial charge is 0.377 e. The van der Waals surface area contributed by atoms with Crippen molar-refractivity contribution in [1.82, 2.24) is 4.90 Å². The zero-order chi connectivity index (χ0) is 11.6. The molecule has 0 spiro atoms. The summed E-state index contributed by atoms with van der Waals surface area (Å²) in [6, 6.07) is 0.572. The maximum absolute atomic E-state index is 6.49. The molecule has 0 aromatic carbocycles. The maximum Gasteiger partial charge on any atom is 0.0702 e. The van der Waals surface area contributed by atoms with Crippen LogP contribution in [0.2, 0.25) is 0 Å². The van der Waals surface area contributed by atoms with Gasteiger partial charge in [-0.2, -0.15) is 0 Å². The number of rotatable bonds is 3. The first-order chi connectivity index (χ1) is 7.61. The second kappa shape index (κ2) is 5.03. The predicted molar refractivity (Wildman–Crippen MR) is 66.5 cm³/mol. The first-order valence-electron chi connectivity index (χ1n) is 6.71. The minimum Gasteiger partial charge on any atom is -0.377 e. The number of nitrogens with zero attached hydrogens (tertiary/aromatic N) is 1. The lowest BCUT2D eigenvalue weighted by molar-refractivity contribution is 0.0709. The Labute approximate surface area is 99.3 Å². The second-order valence-electron chi connectivity index (χ2n) is 5.77. The third kappa shape index (κ3) is 2.76. The third-order valence-electron chi connectivity index (χ3n) is 4.32. The average molecular weight is 226 g/mol. The smallest absolute Gasteiger partial charge is 0.0702 e. The van der Waals surface area contributed by atoms with Crippen LogP contribution in [0.4, 0.5) is 0 Å². The Hall–Kier alpha value is -0.120. The van der Waals surface area contributed by atoms with Crippen LogP contribution in [0.1, 0.15) is 45.4 Å². The molecule has 0 amide bonds. The first-order valence-corrected chi connectivity index (χ1v) is 6.71. The quantitative estimate of drug-likeness (QED) is 0.797. The van der Waals surface area contributed by atoms with Gasteiger partial charge < -0.3 is 10.5 Å². The Morgan fingerprint density at radius 2 is 2.00 bits per heavy atom. The van der Waals surface area contributed by atoms with E-state index in [1.165, 1.54) is 32.1 Å². The van der Waals surface area contributed by atoms with Crippen molar-refractivity contribution in [2.24, 2.45) is 5.73 Å². The Morgan fingerprint density at radius 3 is 2.56 bits per heavy atom. The van der Waals surface area contributed by atoms with Gasteiger partial charge in [0.05, 0.1) is 6.10 Å². The van der Waals surface area contributed by atoms with Crippen molar-refractivity contribution in [1.29, 1.82) is 0 Å². The Kier molecular flexibility index (Phi) is 3.88. The molecule has 2 fully saturated rings. The normalized spacial score (nSPS) is 34.5. The molecule has 2 unspecified atom stereocenters. The van der Waals surface area contributed by atoms with Gasteiger partial charge in [-0.3, -0.25) is 4.90 Å². The van der Waals surface area contributed by atoms with E-state index < -0.39 is 0 Å². The summed E-state index contributed by atoms with van der Waals surface area (Å²) in [6.45, 7) is 4.12. The lowest BCUT2D eigenvalue weighted by Gasteiger charge is -2.39. The van der Waals surface area contributed by atoms with Gasteiger partial charge in [0.15, 0.2) is 0 Å². The van der Waals surface area contributed by atoms with Crippen LogP contribution in [-0.4, -0.2) is 42.8 Å². The Balaban J connectivity index is 1.87. The number of hydrogen-bond acceptors (Lipinski definition) is 3. The Morgan fingerprint density at radius 1 is 1.31 bits per heavy atom. The molecule has 0 bridgehead atoms. The molecule has 2 N–H and O–H groups in total. The van der Waals surface area contributed by atoms with Gasteiger partial charge in [0.1, 0.15) is 0 Å². The summed E-state index contributed by atoms with van der Waals surface area (Å²) in [4.78, 5) is 2.43. The van der Waals surface area contributed by atoms with Crippen molar-refractivity contribution in [3.63, 3.8) is 0 Å². The molecule has 94 valence electrons. The fourth-order valence-electron chi connectivity index (χ4n) is 3.33. The number of hydrogen-bond donors (Lipinski definition) is 1. The van der Waals surface area contributed by atoms with E-state index in [0.717, 1.165) is 19.6 Å². The van der Waals surface area contributed by atoms with Crippen molar-refractivity contribution >= 4 is 0 Å². The van der Waals surface area contributed by atoms with Crippen molar-refractivity contribution in [3.05, 3.63) is 0 Å². The fourth-order valence-corrected chi connectivity index (χ4v) is 3.33. The highest BCUT2D eigenvalue weighted by molar-refractivity contribution is 4.92. The summed E-state index contributed by atoms with van der Waals surface area (Å²) in [5, 5.41) is 0. The van der Waals surface area contributed by atoms with Crippen LogP contribution in [0.15, 0.2) is 0 Å². The molecule has 3 nitrogen and oxygen atoms in total. The van der Waals surface area contributed by atoms with E-state index >= 15 is 0 Å². The summed E-state index contributed by atoms with van der Waals surface area (Å²) in [7, 11) is 2.21. The van der Waals surface area contributed by atoms with Gasteiger partial charge in [-0.05, 0) is 33.2 Å². The predicted octanol–water partition coefficient (Wildman–Crippen LogP) is 1.76. The summed E-state index contributed by atoms with van der Waals surface area (Å²) in [6.07, 6.45) is 7.90. The zero-order valence-corrected chi connectivity index (χ0v) is 10.7. The highest BCUT2D eigenvalue weighted by Crippen LogP contribution is 2.28. The summed E-state index contributed by atoms with van der Waals surface area (Å²) in [5.74, 6) is 0. The summed E-state index contributed by atoms with van der Waals surface area (Å²) in [5.41, 5.74) is 6.56. The first kappa shape index (κ1) is 12.3. The molecular formula is C13H26N2O. The standard InChI is InChI=1S/C13H26N2O/c1-11-12(6-9-16-11)15(2)10-13(14)7-4-3-5-8-13/h11-12H,3-10,14H2,1-2H3. The van der Waals surface area contributed by atoms with Crippen LogP contribution in [-0.2, 0) is 4.74 Å². The van der Waals surface area contributed by atoms with Gasteiger partial charge in [0, 0.05) is 24.7 Å². The number of likely N-dealkylation sites (N-methyl/N-ethyl adjacent to an activating group) is 1. The van der Waals surface area contributed by atoms with Crippen LogP contribution >= 0.6 is 0 Å². The number of nitrogens with two attached hydrogens (primary N) is 1. The van der Waals surface area contributed by atoms with Crippen molar-refractivity contribution in [3.8, 4) is 0 Å².